The van der Waals surface area contributed by atoms with Crippen molar-refractivity contribution in [2.45, 2.75) is 0 Å². The highest BCUT2D eigenvalue weighted by Gasteiger charge is 2.17. The van der Waals surface area contributed by atoms with Crippen LogP contribution in [0.15, 0.2) is 24.5 Å². The van der Waals surface area contributed by atoms with Crippen LogP contribution < -0.4 is 5.32 Å². The fourth-order valence-corrected chi connectivity index (χ4v) is 1.33. The molecule has 0 saturated carbocycles. The second-order valence-corrected chi connectivity index (χ2v) is 3.33. The highest BCUT2D eigenvalue weighted by atomic mass is 16.3. The minimum absolute atomic E-state index is 0.199. The van der Waals surface area contributed by atoms with E-state index in [1.807, 2.05) is 0 Å². The standard InChI is InChI=1S/C10H10N4O3/c1-14-10(11-5-12-14)13-9(17)8-6(15)3-2-4-7(8)16/h2-5,15-16H,1H3,(H,11,12,13,17). The van der Waals surface area contributed by atoms with Crippen LogP contribution in [0, 0.1) is 0 Å². The summed E-state index contributed by atoms with van der Waals surface area (Å²) in [5.74, 6) is -1.04. The van der Waals surface area contributed by atoms with Crippen molar-refractivity contribution in [1.29, 1.82) is 0 Å². The van der Waals surface area contributed by atoms with Gasteiger partial charge in [-0.15, -0.1) is 0 Å². The second-order valence-electron chi connectivity index (χ2n) is 3.33. The van der Waals surface area contributed by atoms with E-state index in [4.69, 9.17) is 0 Å². The van der Waals surface area contributed by atoms with Gasteiger partial charge in [-0.3, -0.25) is 10.1 Å². The number of anilines is 1. The molecule has 0 radical (unpaired) electrons. The Labute approximate surface area is 96.3 Å². The number of hydrogen-bond acceptors (Lipinski definition) is 5. The quantitative estimate of drug-likeness (QED) is 0.701. The maximum absolute atomic E-state index is 11.8. The number of carbonyl (C=O) groups excluding carboxylic acids is 1. The number of aromatic hydroxyl groups is 2. The third-order valence-electron chi connectivity index (χ3n) is 2.18. The van der Waals surface area contributed by atoms with E-state index in [1.54, 1.807) is 7.05 Å². The van der Waals surface area contributed by atoms with Crippen LogP contribution in [0.25, 0.3) is 0 Å². The van der Waals surface area contributed by atoms with Gasteiger partial charge in [-0.1, -0.05) is 6.07 Å². The molecule has 0 saturated heterocycles. The summed E-state index contributed by atoms with van der Waals surface area (Å²) in [6.07, 6.45) is 1.28. The van der Waals surface area contributed by atoms with Gasteiger partial charge in [0.2, 0.25) is 5.95 Å². The summed E-state index contributed by atoms with van der Waals surface area (Å²) in [6, 6.07) is 4.06. The molecule has 0 spiro atoms. The van der Waals surface area contributed by atoms with Gasteiger partial charge in [0, 0.05) is 7.05 Å². The van der Waals surface area contributed by atoms with Gasteiger partial charge < -0.3 is 10.2 Å². The highest BCUT2D eigenvalue weighted by Crippen LogP contribution is 2.26. The van der Waals surface area contributed by atoms with Crippen molar-refractivity contribution in [2.24, 2.45) is 7.05 Å². The third kappa shape index (κ3) is 2.03. The van der Waals surface area contributed by atoms with Crippen molar-refractivity contribution in [1.82, 2.24) is 14.8 Å². The highest BCUT2D eigenvalue weighted by molar-refractivity contribution is 6.07. The normalized spacial score (nSPS) is 10.2. The van der Waals surface area contributed by atoms with Crippen molar-refractivity contribution in [2.75, 3.05) is 5.32 Å². The Hall–Kier alpha value is -2.57. The van der Waals surface area contributed by atoms with E-state index in [1.165, 1.54) is 29.2 Å². The molecule has 0 atom stereocenters. The Morgan fingerprint density at radius 1 is 1.35 bits per heavy atom. The maximum Gasteiger partial charge on any atom is 0.265 e. The van der Waals surface area contributed by atoms with E-state index in [9.17, 15) is 15.0 Å². The summed E-state index contributed by atoms with van der Waals surface area (Å²) in [4.78, 5) is 15.6. The molecule has 1 aromatic heterocycles. The fourth-order valence-electron chi connectivity index (χ4n) is 1.33. The molecular weight excluding hydrogens is 224 g/mol. The lowest BCUT2D eigenvalue weighted by molar-refractivity contribution is 0.102. The fraction of sp³-hybridized carbons (Fsp3) is 0.100. The molecule has 1 amide bonds. The van der Waals surface area contributed by atoms with Crippen molar-refractivity contribution < 1.29 is 15.0 Å². The van der Waals surface area contributed by atoms with Gasteiger partial charge in [-0.2, -0.15) is 10.1 Å². The monoisotopic (exact) mass is 234 g/mol. The molecular formula is C10H10N4O3. The van der Waals surface area contributed by atoms with Crippen LogP contribution in [0.3, 0.4) is 0 Å². The topological polar surface area (TPSA) is 100 Å². The lowest BCUT2D eigenvalue weighted by Crippen LogP contribution is -2.15. The van der Waals surface area contributed by atoms with E-state index < -0.39 is 5.91 Å². The van der Waals surface area contributed by atoms with Gasteiger partial charge in [0.25, 0.3) is 5.91 Å². The van der Waals surface area contributed by atoms with Crippen molar-refractivity contribution in [3.63, 3.8) is 0 Å². The van der Waals surface area contributed by atoms with Crippen molar-refractivity contribution in [3.8, 4) is 11.5 Å². The Bertz CT molecular complexity index is 544. The largest absolute Gasteiger partial charge is 0.507 e. The van der Waals surface area contributed by atoms with E-state index in [0.717, 1.165) is 0 Å². The first kappa shape index (κ1) is 10.9. The SMILES string of the molecule is Cn1ncnc1NC(=O)c1c(O)cccc1O. The summed E-state index contributed by atoms with van der Waals surface area (Å²) in [5, 5.41) is 25.2. The molecule has 88 valence electrons. The zero-order valence-electron chi connectivity index (χ0n) is 8.95. The molecule has 7 nitrogen and oxygen atoms in total. The van der Waals surface area contributed by atoms with Crippen LogP contribution >= 0.6 is 0 Å². The lowest BCUT2D eigenvalue weighted by atomic mass is 10.1. The van der Waals surface area contributed by atoms with Crippen LogP contribution in [0.5, 0.6) is 11.5 Å². The van der Waals surface area contributed by atoms with Gasteiger partial charge >= 0.3 is 0 Å². The number of aryl methyl sites for hydroxylation is 1. The second kappa shape index (κ2) is 4.12. The molecule has 0 bridgehead atoms. The summed E-state index contributed by atoms with van der Waals surface area (Å²) >= 11 is 0. The number of hydrogen-bond donors (Lipinski definition) is 3. The van der Waals surface area contributed by atoms with Gasteiger partial charge in [0.05, 0.1) is 0 Å². The minimum atomic E-state index is -0.656. The molecule has 2 aromatic rings. The molecule has 7 heteroatoms. The molecule has 3 N–H and O–H groups in total. The molecule has 17 heavy (non-hydrogen) atoms. The zero-order chi connectivity index (χ0) is 12.4. The van der Waals surface area contributed by atoms with E-state index in [0.29, 0.717) is 0 Å². The maximum atomic E-state index is 11.8. The molecule has 0 fully saturated rings. The molecule has 0 unspecified atom stereocenters. The Balaban J connectivity index is 2.30. The van der Waals surface area contributed by atoms with Crippen LogP contribution in [-0.2, 0) is 7.05 Å². The van der Waals surface area contributed by atoms with Gasteiger partial charge in [0.1, 0.15) is 23.4 Å². The van der Waals surface area contributed by atoms with Crippen LogP contribution in [0.2, 0.25) is 0 Å². The molecule has 0 aliphatic heterocycles. The zero-order valence-corrected chi connectivity index (χ0v) is 8.95. The molecule has 2 rings (SSSR count). The third-order valence-corrected chi connectivity index (χ3v) is 2.18. The van der Waals surface area contributed by atoms with Gasteiger partial charge in [0.15, 0.2) is 0 Å². The predicted molar refractivity (Wildman–Crippen MR) is 58.7 cm³/mol. The van der Waals surface area contributed by atoms with Gasteiger partial charge in [-0.05, 0) is 12.1 Å². The van der Waals surface area contributed by atoms with Crippen molar-refractivity contribution >= 4 is 11.9 Å². The Kier molecular flexibility index (Phi) is 2.65. The number of amides is 1. The lowest BCUT2D eigenvalue weighted by Gasteiger charge is -2.07. The first-order chi connectivity index (χ1) is 8.09. The van der Waals surface area contributed by atoms with Crippen LogP contribution in [0.1, 0.15) is 10.4 Å². The Morgan fingerprint density at radius 3 is 2.53 bits per heavy atom. The first-order valence-electron chi connectivity index (χ1n) is 4.76. The smallest absolute Gasteiger partial charge is 0.265 e. The van der Waals surface area contributed by atoms with Crippen molar-refractivity contribution in [3.05, 3.63) is 30.1 Å². The summed E-state index contributed by atoms with van der Waals surface area (Å²) < 4.78 is 1.36. The number of phenols is 2. The molecule has 0 aliphatic rings. The Morgan fingerprint density at radius 2 is 2.00 bits per heavy atom. The number of carbonyl (C=O) groups is 1. The molecule has 0 aliphatic carbocycles. The average molecular weight is 234 g/mol. The number of nitrogens with one attached hydrogen (secondary N) is 1. The van der Waals surface area contributed by atoms with E-state index in [2.05, 4.69) is 15.4 Å². The van der Waals surface area contributed by atoms with Crippen LogP contribution in [0.4, 0.5) is 5.95 Å². The number of nitrogens with zero attached hydrogens (tertiary/aromatic N) is 3. The number of rotatable bonds is 2. The summed E-state index contributed by atoms with van der Waals surface area (Å²) in [7, 11) is 1.60. The average Bonchev–Trinajstić information content (AvgIpc) is 2.64. The summed E-state index contributed by atoms with van der Waals surface area (Å²) in [5.41, 5.74) is -0.199. The first-order valence-corrected chi connectivity index (χ1v) is 4.76. The molecule has 1 aromatic carbocycles. The number of benzene rings is 1. The van der Waals surface area contributed by atoms with E-state index >= 15 is 0 Å². The van der Waals surface area contributed by atoms with Gasteiger partial charge in [-0.25, -0.2) is 4.68 Å². The number of aromatic nitrogens is 3. The molecule has 1 heterocycles. The minimum Gasteiger partial charge on any atom is -0.507 e. The van der Waals surface area contributed by atoms with Crippen LogP contribution in [-0.4, -0.2) is 30.9 Å². The summed E-state index contributed by atoms with van der Waals surface area (Å²) in [6.45, 7) is 0. The predicted octanol–water partition coefficient (Wildman–Crippen LogP) is 0.479. The van der Waals surface area contributed by atoms with E-state index in [-0.39, 0.29) is 23.0 Å². The number of phenolic OH excluding ortho intramolecular Hbond substituents is 2.